The van der Waals surface area contributed by atoms with E-state index in [-0.39, 0.29) is 11.3 Å². The van der Waals surface area contributed by atoms with Crippen molar-refractivity contribution in [1.82, 2.24) is 19.9 Å². The van der Waals surface area contributed by atoms with Crippen molar-refractivity contribution < 1.29 is 14.3 Å². The minimum Gasteiger partial charge on any atom is -0.493 e. The summed E-state index contributed by atoms with van der Waals surface area (Å²) < 4.78 is 12.4. The molecule has 0 radical (unpaired) electrons. The Labute approximate surface area is 171 Å². The molecule has 1 amide bonds. The van der Waals surface area contributed by atoms with E-state index in [2.05, 4.69) is 36.2 Å². The first-order valence-electron chi connectivity index (χ1n) is 9.60. The Morgan fingerprint density at radius 3 is 2.48 bits per heavy atom. The van der Waals surface area contributed by atoms with Gasteiger partial charge in [0.15, 0.2) is 17.1 Å². The molecule has 0 saturated heterocycles. The Morgan fingerprint density at radius 1 is 1.10 bits per heavy atom. The van der Waals surface area contributed by atoms with E-state index in [0.717, 1.165) is 17.0 Å². The zero-order valence-electron chi connectivity index (χ0n) is 17.9. The van der Waals surface area contributed by atoms with Crippen molar-refractivity contribution in [2.75, 3.05) is 20.8 Å². The maximum Gasteiger partial charge on any atom is 0.270 e. The highest BCUT2D eigenvalue weighted by Gasteiger charge is 2.20. The monoisotopic (exact) mass is 396 g/mol. The number of carbonyl (C=O) groups is 1. The van der Waals surface area contributed by atoms with Gasteiger partial charge in [0.05, 0.1) is 19.9 Å². The van der Waals surface area contributed by atoms with E-state index in [1.54, 1.807) is 24.8 Å². The summed E-state index contributed by atoms with van der Waals surface area (Å²) in [5.41, 5.74) is 3.85. The summed E-state index contributed by atoms with van der Waals surface area (Å²) in [6, 6.07) is 9.44. The lowest BCUT2D eigenvalue weighted by Gasteiger charge is -2.13. The lowest BCUT2D eigenvalue weighted by Crippen LogP contribution is -2.27. The molecule has 7 heteroatoms. The second-order valence-corrected chi connectivity index (χ2v) is 8.03. The molecule has 2 heterocycles. The van der Waals surface area contributed by atoms with Gasteiger partial charge in [-0.15, -0.1) is 0 Å². The summed E-state index contributed by atoms with van der Waals surface area (Å²) in [6.45, 7) is 8.73. The second-order valence-electron chi connectivity index (χ2n) is 8.03. The third-order valence-electron chi connectivity index (χ3n) is 4.75. The summed E-state index contributed by atoms with van der Waals surface area (Å²) in [6.07, 6.45) is 0.675. The van der Waals surface area contributed by atoms with Crippen LogP contribution in [0.15, 0.2) is 30.3 Å². The van der Waals surface area contributed by atoms with Crippen molar-refractivity contribution in [1.29, 1.82) is 0 Å². The molecule has 3 rings (SSSR count). The summed E-state index contributed by atoms with van der Waals surface area (Å²) in [4.78, 5) is 17.1. The SMILES string of the molecule is COc1ccc(CCNC(=O)c2cc(C)n3nc(C(C)(C)C)cc3n2)cc1OC. The van der Waals surface area contributed by atoms with Crippen LogP contribution in [0.2, 0.25) is 0 Å². The summed E-state index contributed by atoms with van der Waals surface area (Å²) in [5, 5.41) is 7.56. The van der Waals surface area contributed by atoms with Gasteiger partial charge in [-0.2, -0.15) is 5.10 Å². The van der Waals surface area contributed by atoms with Crippen LogP contribution in [-0.2, 0) is 11.8 Å². The first-order valence-corrected chi connectivity index (χ1v) is 9.60. The molecule has 7 nitrogen and oxygen atoms in total. The maximum absolute atomic E-state index is 12.6. The van der Waals surface area contributed by atoms with Gasteiger partial charge in [0.2, 0.25) is 0 Å². The standard InChI is InChI=1S/C22H28N4O3/c1-14-11-16(24-20-13-19(22(2,3)4)25-26(14)20)21(27)23-10-9-15-7-8-17(28-5)18(12-15)29-6/h7-8,11-13H,9-10H2,1-6H3,(H,23,27). The van der Waals surface area contributed by atoms with Crippen molar-refractivity contribution >= 4 is 11.6 Å². The van der Waals surface area contributed by atoms with Crippen molar-refractivity contribution in [3.8, 4) is 11.5 Å². The Hall–Kier alpha value is -3.09. The Morgan fingerprint density at radius 2 is 1.83 bits per heavy atom. The van der Waals surface area contributed by atoms with Crippen LogP contribution in [0.5, 0.6) is 11.5 Å². The largest absolute Gasteiger partial charge is 0.493 e. The topological polar surface area (TPSA) is 77.8 Å². The van der Waals surface area contributed by atoms with Crippen molar-refractivity contribution in [3.63, 3.8) is 0 Å². The number of ether oxygens (including phenoxy) is 2. The molecule has 0 aliphatic rings. The smallest absolute Gasteiger partial charge is 0.270 e. The number of aryl methyl sites for hydroxylation is 1. The molecular weight excluding hydrogens is 368 g/mol. The Balaban J connectivity index is 1.70. The van der Waals surface area contributed by atoms with E-state index < -0.39 is 0 Å². The Bertz CT molecular complexity index is 1030. The molecule has 0 aliphatic carbocycles. The van der Waals surface area contributed by atoms with E-state index in [1.807, 2.05) is 31.2 Å². The van der Waals surface area contributed by atoms with E-state index in [1.165, 1.54) is 0 Å². The summed E-state index contributed by atoms with van der Waals surface area (Å²) in [5.74, 6) is 1.16. The number of benzene rings is 1. The van der Waals surface area contributed by atoms with Crippen LogP contribution in [0.4, 0.5) is 0 Å². The third-order valence-corrected chi connectivity index (χ3v) is 4.75. The highest BCUT2D eigenvalue weighted by molar-refractivity contribution is 5.92. The van der Waals surface area contributed by atoms with Crippen molar-refractivity contribution in [3.05, 3.63) is 53.0 Å². The van der Waals surface area contributed by atoms with E-state index >= 15 is 0 Å². The normalized spacial score (nSPS) is 11.5. The number of amides is 1. The Kier molecular flexibility index (Phi) is 5.77. The molecule has 154 valence electrons. The fraction of sp³-hybridized carbons (Fsp3) is 0.409. The van der Waals surface area contributed by atoms with Crippen LogP contribution in [0, 0.1) is 6.92 Å². The van der Waals surface area contributed by atoms with Gasteiger partial charge in [-0.05, 0) is 37.1 Å². The van der Waals surface area contributed by atoms with Crippen LogP contribution in [-0.4, -0.2) is 41.3 Å². The average Bonchev–Trinajstić information content (AvgIpc) is 3.13. The zero-order valence-corrected chi connectivity index (χ0v) is 17.9. The van der Waals surface area contributed by atoms with Gasteiger partial charge in [0.25, 0.3) is 5.91 Å². The predicted octanol–water partition coefficient (Wildman–Crippen LogP) is 3.32. The highest BCUT2D eigenvalue weighted by atomic mass is 16.5. The van der Waals surface area contributed by atoms with Crippen LogP contribution >= 0.6 is 0 Å². The molecule has 0 bridgehead atoms. The molecule has 0 fully saturated rings. The number of fused-ring (bicyclic) bond motifs is 1. The highest BCUT2D eigenvalue weighted by Crippen LogP contribution is 2.27. The van der Waals surface area contributed by atoms with Gasteiger partial charge in [-0.1, -0.05) is 26.8 Å². The molecule has 2 aromatic heterocycles. The molecule has 1 aromatic carbocycles. The van der Waals surface area contributed by atoms with Gasteiger partial charge in [0, 0.05) is 23.7 Å². The second kappa shape index (κ2) is 8.11. The quantitative estimate of drug-likeness (QED) is 0.692. The molecule has 3 aromatic rings. The number of nitrogens with one attached hydrogen (secondary N) is 1. The minimum absolute atomic E-state index is 0.0814. The number of hydrogen-bond donors (Lipinski definition) is 1. The maximum atomic E-state index is 12.6. The number of rotatable bonds is 6. The third kappa shape index (κ3) is 4.50. The van der Waals surface area contributed by atoms with Crippen LogP contribution in [0.3, 0.4) is 0 Å². The van der Waals surface area contributed by atoms with E-state index in [4.69, 9.17) is 9.47 Å². The molecule has 0 aliphatic heterocycles. The fourth-order valence-electron chi connectivity index (χ4n) is 3.06. The van der Waals surface area contributed by atoms with Gasteiger partial charge < -0.3 is 14.8 Å². The first kappa shape index (κ1) is 20.6. The van der Waals surface area contributed by atoms with Gasteiger partial charge in [-0.25, -0.2) is 9.50 Å². The molecule has 1 N–H and O–H groups in total. The fourth-order valence-corrected chi connectivity index (χ4v) is 3.06. The summed E-state index contributed by atoms with van der Waals surface area (Å²) >= 11 is 0. The number of aromatic nitrogens is 3. The number of carbonyl (C=O) groups excluding carboxylic acids is 1. The van der Waals surface area contributed by atoms with E-state index in [9.17, 15) is 4.79 Å². The van der Waals surface area contributed by atoms with Crippen LogP contribution in [0.25, 0.3) is 5.65 Å². The predicted molar refractivity (Wildman–Crippen MR) is 112 cm³/mol. The molecule has 0 spiro atoms. The van der Waals surface area contributed by atoms with Crippen molar-refractivity contribution in [2.45, 2.75) is 39.5 Å². The molecule has 0 unspecified atom stereocenters. The molecular formula is C22H28N4O3. The average molecular weight is 396 g/mol. The number of methoxy groups -OCH3 is 2. The zero-order chi connectivity index (χ0) is 21.2. The van der Waals surface area contributed by atoms with Crippen LogP contribution in [0.1, 0.15) is 48.2 Å². The lowest BCUT2D eigenvalue weighted by molar-refractivity contribution is 0.0949. The summed E-state index contributed by atoms with van der Waals surface area (Å²) in [7, 11) is 3.21. The van der Waals surface area contributed by atoms with E-state index in [0.29, 0.717) is 35.8 Å². The van der Waals surface area contributed by atoms with Gasteiger partial charge in [0.1, 0.15) is 5.69 Å². The minimum atomic E-state index is -0.199. The van der Waals surface area contributed by atoms with Gasteiger partial charge >= 0.3 is 0 Å². The lowest BCUT2D eigenvalue weighted by atomic mass is 9.93. The van der Waals surface area contributed by atoms with Gasteiger partial charge in [-0.3, -0.25) is 4.79 Å². The number of hydrogen-bond acceptors (Lipinski definition) is 5. The van der Waals surface area contributed by atoms with Crippen molar-refractivity contribution in [2.24, 2.45) is 0 Å². The van der Waals surface area contributed by atoms with Crippen LogP contribution < -0.4 is 14.8 Å². The number of nitrogens with zero attached hydrogens (tertiary/aromatic N) is 3. The molecule has 0 atom stereocenters. The molecule has 0 saturated carbocycles. The first-order chi connectivity index (χ1) is 13.7. The molecule has 29 heavy (non-hydrogen) atoms.